The van der Waals surface area contributed by atoms with E-state index in [-0.39, 0.29) is 44.1 Å². The number of benzene rings is 6. The molecular weight excluding hydrogens is 1060 g/mol. The topological polar surface area (TPSA) is 130 Å². The Labute approximate surface area is 332 Å². The van der Waals surface area contributed by atoms with Gasteiger partial charge in [-0.1, -0.05) is 72.8 Å². The van der Waals surface area contributed by atoms with Crippen LogP contribution in [0, 0.1) is 0 Å². The molecule has 0 saturated carbocycles. The van der Waals surface area contributed by atoms with E-state index in [2.05, 4.69) is 20.0 Å². The number of halogens is 2. The van der Waals surface area contributed by atoms with Crippen LogP contribution in [0.4, 0.5) is 22.7 Å². The Morgan fingerprint density at radius 2 is 0.519 bits per heavy atom. The molecule has 6 rings (SSSR count). The molecule has 6 aromatic rings. The summed E-state index contributed by atoms with van der Waals surface area (Å²) in [4.78, 5) is 17.6. The van der Waals surface area contributed by atoms with E-state index in [0.29, 0.717) is 45.0 Å². The number of hydrogen-bond acceptors (Lipinski definition) is 8. The van der Waals surface area contributed by atoms with Crippen LogP contribution in [0.5, 0.6) is 23.0 Å². The van der Waals surface area contributed by atoms with Crippen molar-refractivity contribution in [3.8, 4) is 23.0 Å². The average Bonchev–Trinajstić information content (AvgIpc) is 3.15. The van der Waals surface area contributed by atoms with Gasteiger partial charge in [0.05, 0.1) is 22.7 Å². The molecule has 0 aliphatic rings. The molecule has 0 spiro atoms. The number of phenols is 4. The summed E-state index contributed by atoms with van der Waals surface area (Å²) in [5, 5.41) is 39.2. The Balaban J connectivity index is 0.000000256. The zero-order valence-corrected chi connectivity index (χ0v) is 33.2. The number of hydrogen-bond donors (Lipinski definition) is 4. The maximum Gasteiger partial charge on any atom is 0 e. The molecule has 0 heterocycles. The van der Waals surface area contributed by atoms with Crippen molar-refractivity contribution in [2.24, 2.45) is 20.0 Å². The molecule has 0 aliphatic heterocycles. The molecule has 0 amide bonds. The van der Waals surface area contributed by atoms with Crippen molar-refractivity contribution in [3.05, 3.63) is 168 Å². The maximum absolute atomic E-state index is 9.79. The third-order valence-electron chi connectivity index (χ3n) is 6.88. The van der Waals surface area contributed by atoms with Crippen LogP contribution >= 0.6 is 18.8 Å². The van der Waals surface area contributed by atoms with E-state index in [1.54, 1.807) is 97.7 Å². The van der Waals surface area contributed by atoms with Crippen molar-refractivity contribution < 1.29 is 58.0 Å². The predicted octanol–water partition coefficient (Wildman–Crippen LogP) is 10.6. The van der Waals surface area contributed by atoms with E-state index >= 15 is 0 Å². The van der Waals surface area contributed by atoms with Crippen LogP contribution in [0.1, 0.15) is 22.3 Å². The summed E-state index contributed by atoms with van der Waals surface area (Å²) in [7, 11) is 9.75. The summed E-state index contributed by atoms with van der Waals surface area (Å²) in [5.41, 5.74) is 5.24. The summed E-state index contributed by atoms with van der Waals surface area (Å²) in [5.74, 6) is 0.709. The van der Waals surface area contributed by atoms with Crippen molar-refractivity contribution in [1.29, 1.82) is 0 Å². The fourth-order valence-corrected chi connectivity index (χ4v) is 4.31. The molecule has 12 heteroatoms. The largest absolute Gasteiger partial charge is 0 e. The second-order valence-electron chi connectivity index (χ2n) is 10.3. The summed E-state index contributed by atoms with van der Waals surface area (Å²) in [6, 6.07) is 42.8. The first-order valence-electron chi connectivity index (χ1n) is 15.2. The molecule has 0 atom stereocenters. The Morgan fingerprint density at radius 3 is 0.712 bits per heavy atom. The van der Waals surface area contributed by atoms with Gasteiger partial charge in [-0.3, -0.25) is 20.0 Å². The SMILES string of the molecule is Oc1ccccc1C=Nc1ccccc1N=Cc1ccccc1O.Oc1ccccc1C=Nc1ccccc1N=Cc1ccccc1O.[Cl][Pt][Cl].[Pt]. The summed E-state index contributed by atoms with van der Waals surface area (Å²) >= 11 is -0.472. The zero-order chi connectivity index (χ0) is 36.3. The molecule has 8 nitrogen and oxygen atoms in total. The first-order chi connectivity index (χ1) is 24.9. The van der Waals surface area contributed by atoms with E-state index in [1.165, 1.54) is 0 Å². The van der Waals surface area contributed by atoms with E-state index < -0.39 is 16.5 Å². The fraction of sp³-hybridized carbons (Fsp3) is 0. The van der Waals surface area contributed by atoms with Gasteiger partial charge < -0.3 is 20.4 Å². The molecule has 270 valence electrons. The van der Waals surface area contributed by atoms with E-state index in [4.69, 9.17) is 18.8 Å². The van der Waals surface area contributed by atoms with Gasteiger partial charge >= 0.3 is 35.3 Å². The van der Waals surface area contributed by atoms with Gasteiger partial charge in [-0.15, -0.1) is 0 Å². The second kappa shape index (κ2) is 22.9. The van der Waals surface area contributed by atoms with Crippen molar-refractivity contribution in [2.45, 2.75) is 0 Å². The Hall–Kier alpha value is -4.84. The minimum Gasteiger partial charge on any atom is 0 e. The molecule has 0 fully saturated rings. The van der Waals surface area contributed by atoms with Gasteiger partial charge in [0.15, 0.2) is 0 Å². The Morgan fingerprint density at radius 1 is 0.346 bits per heavy atom. The molecule has 6 aromatic carbocycles. The normalized spacial score (nSPS) is 10.9. The van der Waals surface area contributed by atoms with Gasteiger partial charge in [-0.05, 0) is 72.8 Å². The molecule has 0 radical (unpaired) electrons. The first kappa shape index (κ1) is 41.6. The van der Waals surface area contributed by atoms with E-state index in [0.717, 1.165) is 0 Å². The molecule has 0 bridgehead atoms. The minimum atomic E-state index is -0.472. The zero-order valence-electron chi connectivity index (χ0n) is 27.1. The predicted molar refractivity (Wildman–Crippen MR) is 206 cm³/mol. The number of aromatic hydroxyl groups is 4. The summed E-state index contributed by atoms with van der Waals surface area (Å²) in [6.45, 7) is 0. The monoisotopic (exact) mass is 1090 g/mol. The quantitative estimate of drug-likeness (QED) is 0.113. The number of para-hydroxylation sites is 8. The summed E-state index contributed by atoms with van der Waals surface area (Å²) in [6.07, 6.45) is 6.40. The molecule has 0 saturated heterocycles. The van der Waals surface area contributed by atoms with Crippen LogP contribution in [0.2, 0.25) is 0 Å². The average molecular weight is 1090 g/mol. The number of phenolic OH excluding ortho intramolecular Hbond substituents is 4. The van der Waals surface area contributed by atoms with E-state index in [9.17, 15) is 20.4 Å². The Kier molecular flexibility index (Phi) is 18.3. The van der Waals surface area contributed by atoms with Crippen LogP contribution in [-0.2, 0) is 37.5 Å². The molecule has 52 heavy (non-hydrogen) atoms. The van der Waals surface area contributed by atoms with E-state index in [1.807, 2.05) is 72.8 Å². The first-order valence-corrected chi connectivity index (χ1v) is 20.8. The fourth-order valence-electron chi connectivity index (χ4n) is 4.31. The maximum atomic E-state index is 9.79. The molecular formula is C40H32Cl2N4O4Pt2. The standard InChI is InChI=1S/2C20H16N2O2.2ClH.2Pt/c2*23-19-11-5-1-7-15(19)13-21-17-9-3-4-10-18(17)22-14-16-8-2-6-12-20(16)24;;;;/h2*1-14,23-24H;2*1H;;/q;;;;;+2/p-2. The smallest absolute Gasteiger partial charge is 0 e. The van der Waals surface area contributed by atoms with Gasteiger partial charge in [-0.2, -0.15) is 0 Å². The van der Waals surface area contributed by atoms with Gasteiger partial charge in [0.25, 0.3) is 0 Å². The third kappa shape index (κ3) is 13.4. The van der Waals surface area contributed by atoms with Crippen LogP contribution < -0.4 is 0 Å². The van der Waals surface area contributed by atoms with Gasteiger partial charge in [0.1, 0.15) is 23.0 Å². The Bertz CT molecular complexity index is 1850. The molecule has 0 unspecified atom stereocenters. The van der Waals surface area contributed by atoms with Gasteiger partial charge in [-0.25, -0.2) is 0 Å². The van der Waals surface area contributed by atoms with Gasteiger partial charge in [0, 0.05) is 68.2 Å². The van der Waals surface area contributed by atoms with Crippen molar-refractivity contribution in [2.75, 3.05) is 0 Å². The number of aliphatic imine (C=N–C) groups is 4. The number of rotatable bonds is 8. The van der Waals surface area contributed by atoms with Crippen LogP contribution in [0.3, 0.4) is 0 Å². The van der Waals surface area contributed by atoms with Crippen LogP contribution in [0.15, 0.2) is 166 Å². The number of nitrogens with zero attached hydrogens (tertiary/aromatic N) is 4. The molecule has 4 N–H and O–H groups in total. The second-order valence-corrected chi connectivity index (χ2v) is 13.6. The summed E-state index contributed by atoms with van der Waals surface area (Å²) < 4.78 is 0. The molecule has 0 aromatic heterocycles. The van der Waals surface area contributed by atoms with Crippen LogP contribution in [0.25, 0.3) is 0 Å². The van der Waals surface area contributed by atoms with Crippen molar-refractivity contribution in [3.63, 3.8) is 0 Å². The van der Waals surface area contributed by atoms with Gasteiger partial charge in [0.2, 0.25) is 0 Å². The van der Waals surface area contributed by atoms with Crippen LogP contribution in [-0.4, -0.2) is 45.3 Å². The van der Waals surface area contributed by atoms with Crippen molar-refractivity contribution >= 4 is 66.4 Å². The third-order valence-corrected chi connectivity index (χ3v) is 6.88. The molecule has 0 aliphatic carbocycles. The minimum absolute atomic E-state index is 0. The van der Waals surface area contributed by atoms with Crippen molar-refractivity contribution in [1.82, 2.24) is 0 Å².